The first-order valence-electron chi connectivity index (χ1n) is 20.0. The second-order valence-corrected chi connectivity index (χ2v) is 15.1. The number of hydrogen-bond acceptors (Lipinski definition) is 0. The first-order valence-corrected chi connectivity index (χ1v) is 20.0. The van der Waals surface area contributed by atoms with Crippen LogP contribution < -0.4 is 26.8 Å². The summed E-state index contributed by atoms with van der Waals surface area (Å²) >= 11 is 0. The molecule has 1 nitrogen and oxygen atoms in total. The maximum absolute atomic E-state index is 15.4. The van der Waals surface area contributed by atoms with Crippen LogP contribution in [0.4, 0.5) is 87.8 Å². The van der Waals surface area contributed by atoms with Crippen molar-refractivity contribution in [3.05, 3.63) is 116 Å². The van der Waals surface area contributed by atoms with Crippen LogP contribution in [0.3, 0.4) is 0 Å². The van der Waals surface area contributed by atoms with Crippen LogP contribution >= 0.6 is 0 Å². The van der Waals surface area contributed by atoms with E-state index in [1.165, 1.54) is 71.0 Å². The monoisotopic (exact) mass is 949 g/mol. The average Bonchev–Trinajstić information content (AvgIpc) is 3.28. The molecule has 1 N–H and O–H groups in total. The summed E-state index contributed by atoms with van der Waals surface area (Å²) < 4.78 is 294. The number of benzene rings is 4. The SMILES string of the molecule is CCCCC(CC)C[NH+](CC)CC(CC)CCCC.Fc1c(F)c(F)c([B-](c2c(F)c(F)c(F)c(F)c2F)(c2c(F)c(F)c(F)c(F)c2F)c2c(F)c(F)c(F)c(F)c2F)c(F)c1F. The van der Waals surface area contributed by atoms with E-state index in [0.717, 1.165) is 11.8 Å². The molecule has 2 unspecified atom stereocenters. The van der Waals surface area contributed by atoms with Gasteiger partial charge in [-0.25, -0.2) is 87.8 Å². The predicted octanol–water partition coefficient (Wildman–Crippen LogP) is 10.2. The lowest BCUT2D eigenvalue weighted by molar-refractivity contribution is -0.905. The van der Waals surface area contributed by atoms with Gasteiger partial charge < -0.3 is 4.90 Å². The number of halogens is 20. The van der Waals surface area contributed by atoms with Gasteiger partial charge in [0.1, 0.15) is 52.7 Å². The van der Waals surface area contributed by atoms with Crippen molar-refractivity contribution in [3.8, 4) is 0 Å². The Hall–Kier alpha value is -4.50. The van der Waals surface area contributed by atoms with E-state index in [1.54, 1.807) is 0 Å². The van der Waals surface area contributed by atoms with Crippen LogP contribution in [0.1, 0.15) is 86.0 Å². The Morgan fingerprint density at radius 3 is 0.656 bits per heavy atom. The molecule has 0 amide bonds. The van der Waals surface area contributed by atoms with E-state index in [4.69, 9.17) is 0 Å². The number of rotatable bonds is 17. The van der Waals surface area contributed by atoms with Gasteiger partial charge in [-0.1, -0.05) is 53.4 Å². The molecule has 0 bridgehead atoms. The Morgan fingerprint density at radius 1 is 0.312 bits per heavy atom. The summed E-state index contributed by atoms with van der Waals surface area (Å²) in [6.07, 6.45) is 3.96. The lowest BCUT2D eigenvalue weighted by Gasteiger charge is -2.44. The second kappa shape index (κ2) is 22.1. The quantitative estimate of drug-likeness (QED) is 0.0466. The minimum Gasteiger partial charge on any atom is -0.335 e. The lowest BCUT2D eigenvalue weighted by atomic mass is 9.12. The zero-order valence-corrected chi connectivity index (χ0v) is 34.6. The highest BCUT2D eigenvalue weighted by Gasteiger charge is 2.52. The van der Waals surface area contributed by atoms with Crippen LogP contribution in [0.15, 0.2) is 0 Å². The fourth-order valence-electron chi connectivity index (χ4n) is 7.95. The molecule has 0 saturated heterocycles. The zero-order valence-electron chi connectivity index (χ0n) is 34.6. The largest absolute Gasteiger partial charge is 0.335 e. The molecular formula is C42H40BF20N. The first kappa shape index (κ1) is 53.8. The molecule has 0 aliphatic carbocycles. The standard InChI is InChI=1S/C24BF20.C18H39N/c26-5-1(6(27)14(35)21(42)13(5)34)25(2-7(28)15(36)22(43)16(37)8(2)29,3-9(30)17(38)23(44)18(39)10(3)31)4-11(32)19(40)24(45)20(41)12(4)33;1-6-11-13-17(8-3)15-19(10-5)16-18(9-4)14-12-7-2/h;17-18H,6-16H2,1-5H3/q-1;/p+1. The van der Waals surface area contributed by atoms with E-state index >= 15 is 35.1 Å². The summed E-state index contributed by atoms with van der Waals surface area (Å²) in [5, 5.41) is 0. The van der Waals surface area contributed by atoms with Gasteiger partial charge in [0.05, 0.1) is 19.6 Å². The van der Waals surface area contributed by atoms with Crippen molar-refractivity contribution in [1.29, 1.82) is 0 Å². The molecule has 0 aliphatic rings. The molecule has 0 saturated carbocycles. The topological polar surface area (TPSA) is 4.44 Å². The molecule has 0 heterocycles. The highest BCUT2D eigenvalue weighted by Crippen LogP contribution is 2.31. The molecule has 4 rings (SSSR count). The third-order valence-corrected chi connectivity index (χ3v) is 11.4. The second-order valence-electron chi connectivity index (χ2n) is 15.1. The molecule has 356 valence electrons. The average molecular weight is 950 g/mol. The molecule has 0 spiro atoms. The van der Waals surface area contributed by atoms with Gasteiger partial charge in [-0.2, -0.15) is 0 Å². The fraction of sp³-hybridized carbons (Fsp3) is 0.429. The maximum Gasteiger partial charge on any atom is 0.200 e. The summed E-state index contributed by atoms with van der Waals surface area (Å²) in [6, 6.07) is 0. The van der Waals surface area contributed by atoms with Gasteiger partial charge in [-0.15, -0.1) is 21.9 Å². The van der Waals surface area contributed by atoms with E-state index in [0.29, 0.717) is 0 Å². The van der Waals surface area contributed by atoms with Gasteiger partial charge in [0.15, 0.2) is 69.8 Å². The molecule has 2 atom stereocenters. The first-order chi connectivity index (χ1) is 29.9. The lowest BCUT2D eigenvalue weighted by Crippen LogP contribution is -3.13. The van der Waals surface area contributed by atoms with Crippen molar-refractivity contribution in [2.24, 2.45) is 11.8 Å². The highest BCUT2D eigenvalue weighted by atomic mass is 19.2. The number of unbranched alkanes of at least 4 members (excludes halogenated alkanes) is 2. The van der Waals surface area contributed by atoms with Crippen LogP contribution in [0.25, 0.3) is 0 Å². The highest BCUT2D eigenvalue weighted by molar-refractivity contribution is 7.20. The minimum atomic E-state index is -7.22. The van der Waals surface area contributed by atoms with E-state index in [9.17, 15) is 52.7 Å². The van der Waals surface area contributed by atoms with Crippen LogP contribution in [0, 0.1) is 128 Å². The van der Waals surface area contributed by atoms with Gasteiger partial charge in [-0.05, 0) is 32.6 Å². The third kappa shape index (κ3) is 9.71. The van der Waals surface area contributed by atoms with E-state index in [2.05, 4.69) is 34.6 Å². The van der Waals surface area contributed by atoms with Crippen LogP contribution in [0.5, 0.6) is 0 Å². The van der Waals surface area contributed by atoms with Gasteiger partial charge >= 0.3 is 0 Å². The molecule has 0 aromatic heterocycles. The number of nitrogens with one attached hydrogen (secondary N) is 1. The molecule has 0 aliphatic heterocycles. The number of quaternary nitrogens is 1. The van der Waals surface area contributed by atoms with Crippen LogP contribution in [-0.2, 0) is 0 Å². The van der Waals surface area contributed by atoms with Gasteiger partial charge in [0.2, 0.25) is 0 Å². The fourth-order valence-corrected chi connectivity index (χ4v) is 7.95. The normalized spacial score (nSPS) is 13.3. The van der Waals surface area contributed by atoms with Crippen LogP contribution in [-0.4, -0.2) is 25.8 Å². The molecular weight excluding hydrogens is 909 g/mol. The van der Waals surface area contributed by atoms with Crippen molar-refractivity contribution in [3.63, 3.8) is 0 Å². The van der Waals surface area contributed by atoms with E-state index in [-0.39, 0.29) is 0 Å². The summed E-state index contributed by atoms with van der Waals surface area (Å²) in [5.74, 6) is -69.5. The Bertz CT molecular complexity index is 1920. The molecule has 4 aromatic rings. The maximum atomic E-state index is 15.4. The van der Waals surface area contributed by atoms with Gasteiger partial charge in [0, 0.05) is 11.8 Å². The smallest absolute Gasteiger partial charge is 0.200 e. The Balaban J connectivity index is 0.000000483. The predicted molar refractivity (Wildman–Crippen MR) is 197 cm³/mol. The van der Waals surface area contributed by atoms with Crippen molar-refractivity contribution >= 4 is 28.0 Å². The Labute approximate surface area is 354 Å². The summed E-state index contributed by atoms with van der Waals surface area (Å²) in [5.41, 5.74) is -14.3. The van der Waals surface area contributed by atoms with Crippen LogP contribution in [0.2, 0.25) is 0 Å². The molecule has 0 radical (unpaired) electrons. The molecule has 0 fully saturated rings. The molecule has 22 heteroatoms. The zero-order chi connectivity index (χ0) is 48.9. The minimum absolute atomic E-state index is 0.957. The third-order valence-electron chi connectivity index (χ3n) is 11.4. The summed E-state index contributed by atoms with van der Waals surface area (Å²) in [7, 11) is 0. The van der Waals surface area contributed by atoms with E-state index < -0.39 is 144 Å². The number of hydrogen-bond donors (Lipinski definition) is 1. The molecule has 64 heavy (non-hydrogen) atoms. The molecule has 4 aromatic carbocycles. The van der Waals surface area contributed by atoms with Crippen molar-refractivity contribution < 1.29 is 92.7 Å². The van der Waals surface area contributed by atoms with Crippen molar-refractivity contribution in [2.75, 3.05) is 19.6 Å². The summed E-state index contributed by atoms with van der Waals surface area (Å²) in [6.45, 7) is 15.9. The Kier molecular flexibility index (Phi) is 18.6. The Morgan fingerprint density at radius 2 is 0.500 bits per heavy atom. The summed E-state index contributed by atoms with van der Waals surface area (Å²) in [4.78, 5) is 1.85. The van der Waals surface area contributed by atoms with Gasteiger partial charge in [-0.3, -0.25) is 0 Å². The van der Waals surface area contributed by atoms with Crippen molar-refractivity contribution in [2.45, 2.75) is 86.0 Å². The van der Waals surface area contributed by atoms with Crippen molar-refractivity contribution in [1.82, 2.24) is 0 Å². The van der Waals surface area contributed by atoms with E-state index in [1.807, 2.05) is 4.90 Å². The van der Waals surface area contributed by atoms with Gasteiger partial charge in [0.25, 0.3) is 0 Å².